The van der Waals surface area contributed by atoms with Gasteiger partial charge in [0, 0.05) is 0 Å². The first kappa shape index (κ1) is 10.3. The standard InChI is InChI=1S/C8H10N2O4/c1-2-14-6(11)8(3-9)4-10(5-8)7(12)13/h2,4-5H2,1H3,(H,12,13). The lowest BCUT2D eigenvalue weighted by atomic mass is 9.82. The van der Waals surface area contributed by atoms with E-state index in [9.17, 15) is 9.59 Å². The van der Waals surface area contributed by atoms with Gasteiger partial charge in [-0.2, -0.15) is 5.26 Å². The van der Waals surface area contributed by atoms with Crippen molar-refractivity contribution in [2.45, 2.75) is 6.92 Å². The lowest BCUT2D eigenvalue weighted by Crippen LogP contribution is -2.61. The van der Waals surface area contributed by atoms with Gasteiger partial charge in [0.1, 0.15) is 0 Å². The molecule has 0 atom stereocenters. The van der Waals surface area contributed by atoms with Gasteiger partial charge >= 0.3 is 12.1 Å². The summed E-state index contributed by atoms with van der Waals surface area (Å²) in [4.78, 5) is 22.7. The van der Waals surface area contributed by atoms with Crippen molar-refractivity contribution in [1.29, 1.82) is 5.26 Å². The normalized spacial score (nSPS) is 17.9. The van der Waals surface area contributed by atoms with Crippen LogP contribution >= 0.6 is 0 Å². The van der Waals surface area contributed by atoms with Crippen LogP contribution in [0.5, 0.6) is 0 Å². The minimum atomic E-state index is -1.28. The molecule has 1 N–H and O–H groups in total. The summed E-state index contributed by atoms with van der Waals surface area (Å²) in [5, 5.41) is 17.3. The third-order valence-electron chi connectivity index (χ3n) is 2.07. The Labute approximate surface area is 80.7 Å². The van der Waals surface area contributed by atoms with Crippen molar-refractivity contribution in [3.63, 3.8) is 0 Å². The molecule has 1 rings (SSSR count). The van der Waals surface area contributed by atoms with Crippen molar-refractivity contribution in [1.82, 2.24) is 4.90 Å². The van der Waals surface area contributed by atoms with E-state index in [0.29, 0.717) is 0 Å². The highest BCUT2D eigenvalue weighted by Crippen LogP contribution is 2.31. The van der Waals surface area contributed by atoms with Crippen LogP contribution in [0.4, 0.5) is 4.79 Å². The SMILES string of the molecule is CCOC(=O)C1(C#N)CN(C(=O)O)C1. The van der Waals surface area contributed by atoms with Crippen molar-refractivity contribution in [3.05, 3.63) is 0 Å². The third-order valence-corrected chi connectivity index (χ3v) is 2.07. The fourth-order valence-corrected chi connectivity index (χ4v) is 1.26. The maximum Gasteiger partial charge on any atom is 0.407 e. The maximum atomic E-state index is 11.3. The molecular weight excluding hydrogens is 188 g/mol. The zero-order valence-electron chi connectivity index (χ0n) is 7.69. The summed E-state index contributed by atoms with van der Waals surface area (Å²) in [7, 11) is 0. The summed E-state index contributed by atoms with van der Waals surface area (Å²) in [5.41, 5.74) is -1.28. The molecule has 14 heavy (non-hydrogen) atoms. The molecule has 0 radical (unpaired) electrons. The smallest absolute Gasteiger partial charge is 0.407 e. The fourth-order valence-electron chi connectivity index (χ4n) is 1.26. The number of hydrogen-bond donors (Lipinski definition) is 1. The van der Waals surface area contributed by atoms with E-state index < -0.39 is 17.5 Å². The first-order valence-electron chi connectivity index (χ1n) is 4.12. The first-order chi connectivity index (χ1) is 6.55. The molecule has 6 nitrogen and oxygen atoms in total. The number of carboxylic acid groups (broad SMARTS) is 1. The molecule has 1 amide bonds. The number of ether oxygens (including phenoxy) is 1. The Balaban J connectivity index is 2.62. The second-order valence-corrected chi connectivity index (χ2v) is 3.05. The summed E-state index contributed by atoms with van der Waals surface area (Å²) >= 11 is 0. The van der Waals surface area contributed by atoms with Crippen molar-refractivity contribution >= 4 is 12.1 Å². The molecule has 1 heterocycles. The molecule has 0 saturated carbocycles. The van der Waals surface area contributed by atoms with Gasteiger partial charge in [0.25, 0.3) is 0 Å². The predicted octanol–water partition coefficient (Wildman–Crippen LogP) is 0.0531. The van der Waals surface area contributed by atoms with Gasteiger partial charge in [0.15, 0.2) is 5.41 Å². The van der Waals surface area contributed by atoms with E-state index in [1.807, 2.05) is 0 Å². The molecule has 1 aliphatic heterocycles. The van der Waals surface area contributed by atoms with Gasteiger partial charge in [-0.05, 0) is 6.92 Å². The van der Waals surface area contributed by atoms with Crippen molar-refractivity contribution < 1.29 is 19.4 Å². The van der Waals surface area contributed by atoms with Crippen LogP contribution in [-0.2, 0) is 9.53 Å². The van der Waals surface area contributed by atoms with E-state index in [4.69, 9.17) is 10.4 Å². The highest BCUT2D eigenvalue weighted by Gasteiger charge is 2.53. The Morgan fingerprint density at radius 2 is 2.21 bits per heavy atom. The topological polar surface area (TPSA) is 90.6 Å². The first-order valence-corrected chi connectivity index (χ1v) is 4.12. The van der Waals surface area contributed by atoms with E-state index in [-0.39, 0.29) is 19.7 Å². The molecule has 1 fully saturated rings. The number of nitrogens with zero attached hydrogens (tertiary/aromatic N) is 2. The Morgan fingerprint density at radius 3 is 2.57 bits per heavy atom. The molecule has 1 saturated heterocycles. The zero-order valence-corrected chi connectivity index (χ0v) is 7.69. The van der Waals surface area contributed by atoms with Crippen LogP contribution in [-0.4, -0.2) is 41.8 Å². The number of carbonyl (C=O) groups is 2. The molecule has 76 valence electrons. The van der Waals surface area contributed by atoms with Gasteiger partial charge in [0.05, 0.1) is 25.8 Å². The highest BCUT2D eigenvalue weighted by atomic mass is 16.5. The Kier molecular flexibility index (Phi) is 2.60. The average Bonchev–Trinajstić information content (AvgIpc) is 2.03. The monoisotopic (exact) mass is 198 g/mol. The highest BCUT2D eigenvalue weighted by molar-refractivity contribution is 5.84. The summed E-state index contributed by atoms with van der Waals surface area (Å²) in [6.45, 7) is 1.63. The Bertz CT molecular complexity index is 301. The number of likely N-dealkylation sites (tertiary alicyclic amines) is 1. The Hall–Kier alpha value is -1.77. The van der Waals surface area contributed by atoms with Crippen LogP contribution in [0.3, 0.4) is 0 Å². The van der Waals surface area contributed by atoms with Crippen LogP contribution in [0.2, 0.25) is 0 Å². The third kappa shape index (κ3) is 1.48. The largest absolute Gasteiger partial charge is 0.465 e. The molecule has 0 aromatic rings. The number of esters is 1. The fraction of sp³-hybridized carbons (Fsp3) is 0.625. The van der Waals surface area contributed by atoms with Gasteiger partial charge in [-0.15, -0.1) is 0 Å². The number of carbonyl (C=O) groups excluding carboxylic acids is 1. The van der Waals surface area contributed by atoms with Crippen LogP contribution in [0.1, 0.15) is 6.92 Å². The van der Waals surface area contributed by atoms with E-state index >= 15 is 0 Å². The zero-order chi connectivity index (χ0) is 10.8. The second kappa shape index (κ2) is 3.54. The molecular formula is C8H10N2O4. The number of hydrogen-bond acceptors (Lipinski definition) is 4. The van der Waals surface area contributed by atoms with E-state index in [1.165, 1.54) is 0 Å². The number of rotatable bonds is 2. The molecule has 0 bridgehead atoms. The van der Waals surface area contributed by atoms with E-state index in [1.54, 1.807) is 13.0 Å². The van der Waals surface area contributed by atoms with Crippen LogP contribution in [0.15, 0.2) is 0 Å². The maximum absolute atomic E-state index is 11.3. The minimum absolute atomic E-state index is 0.0995. The lowest BCUT2D eigenvalue weighted by molar-refractivity contribution is -0.159. The van der Waals surface area contributed by atoms with Gasteiger partial charge in [-0.1, -0.05) is 0 Å². The summed E-state index contributed by atoms with van der Waals surface area (Å²) in [6, 6.07) is 1.80. The molecule has 0 spiro atoms. The molecule has 0 aliphatic carbocycles. The predicted molar refractivity (Wildman–Crippen MR) is 44.3 cm³/mol. The molecule has 0 unspecified atom stereocenters. The molecule has 6 heteroatoms. The van der Waals surface area contributed by atoms with Gasteiger partial charge in [-0.25, -0.2) is 4.79 Å². The van der Waals surface area contributed by atoms with Gasteiger partial charge in [0.2, 0.25) is 0 Å². The minimum Gasteiger partial charge on any atom is -0.465 e. The van der Waals surface area contributed by atoms with Crippen molar-refractivity contribution in [3.8, 4) is 6.07 Å². The van der Waals surface area contributed by atoms with Gasteiger partial charge < -0.3 is 14.7 Å². The molecule has 0 aromatic carbocycles. The van der Waals surface area contributed by atoms with Crippen LogP contribution in [0, 0.1) is 16.7 Å². The van der Waals surface area contributed by atoms with Crippen molar-refractivity contribution in [2.75, 3.05) is 19.7 Å². The summed E-state index contributed by atoms with van der Waals surface area (Å²) in [6.07, 6.45) is -1.12. The number of nitriles is 1. The quantitative estimate of drug-likeness (QED) is 0.633. The van der Waals surface area contributed by atoms with E-state index in [2.05, 4.69) is 4.74 Å². The number of amides is 1. The van der Waals surface area contributed by atoms with Gasteiger partial charge in [-0.3, -0.25) is 4.79 Å². The van der Waals surface area contributed by atoms with Crippen molar-refractivity contribution in [2.24, 2.45) is 5.41 Å². The lowest BCUT2D eigenvalue weighted by Gasteiger charge is -2.41. The summed E-state index contributed by atoms with van der Waals surface area (Å²) in [5.74, 6) is -0.639. The summed E-state index contributed by atoms with van der Waals surface area (Å²) < 4.78 is 4.69. The Morgan fingerprint density at radius 1 is 1.64 bits per heavy atom. The molecule has 0 aromatic heterocycles. The average molecular weight is 198 g/mol. The second-order valence-electron chi connectivity index (χ2n) is 3.05. The molecule has 1 aliphatic rings. The van der Waals surface area contributed by atoms with E-state index in [0.717, 1.165) is 4.90 Å². The van der Waals surface area contributed by atoms with Crippen LogP contribution in [0.25, 0.3) is 0 Å². The van der Waals surface area contributed by atoms with Crippen LogP contribution < -0.4 is 0 Å².